The topological polar surface area (TPSA) is 101 Å². The summed E-state index contributed by atoms with van der Waals surface area (Å²) in [6.07, 6.45) is 0. The van der Waals surface area contributed by atoms with Gasteiger partial charge in [0.25, 0.3) is 0 Å². The predicted octanol–water partition coefficient (Wildman–Crippen LogP) is 4.00. The van der Waals surface area contributed by atoms with Gasteiger partial charge in [-0.05, 0) is 64.7 Å². The summed E-state index contributed by atoms with van der Waals surface area (Å²) < 4.78 is 0. The van der Waals surface area contributed by atoms with Crippen molar-refractivity contribution in [1.29, 1.82) is 0 Å². The van der Waals surface area contributed by atoms with E-state index in [1.165, 1.54) is 0 Å². The van der Waals surface area contributed by atoms with Gasteiger partial charge in [0.1, 0.15) is 0 Å². The zero-order valence-electron chi connectivity index (χ0n) is 13.1. The van der Waals surface area contributed by atoms with Crippen molar-refractivity contribution in [2.45, 2.75) is 0 Å². The normalized spacial score (nSPS) is 10.4. The fourth-order valence-corrected chi connectivity index (χ4v) is 2.60. The Morgan fingerprint density at radius 1 is 0.600 bits per heavy atom. The number of nitrogens with two attached hydrogens (primary N) is 1. The van der Waals surface area contributed by atoms with Crippen LogP contribution >= 0.6 is 0 Å². The highest BCUT2D eigenvalue weighted by Gasteiger charge is 2.08. The molecular weight excluding hydrogens is 318 g/mol. The molecule has 0 aromatic heterocycles. The van der Waals surface area contributed by atoms with Crippen LogP contribution in [-0.4, -0.2) is 22.2 Å². The summed E-state index contributed by atoms with van der Waals surface area (Å²) in [6.45, 7) is 0. The standard InChI is InChI=1S/C20H15NO4/c21-18-10-16(12-1-5-14(6-2-12)19(22)23)9-17(11-18)13-3-7-15(8-4-13)20(24)25/h1-11H,21H2,(H,22,23)(H,24,25). The lowest BCUT2D eigenvalue weighted by atomic mass is 9.97. The lowest BCUT2D eigenvalue weighted by Gasteiger charge is -2.09. The van der Waals surface area contributed by atoms with E-state index in [1.807, 2.05) is 18.2 Å². The van der Waals surface area contributed by atoms with Crippen LogP contribution in [0.2, 0.25) is 0 Å². The molecule has 0 aliphatic carbocycles. The molecule has 0 spiro atoms. The van der Waals surface area contributed by atoms with Crippen molar-refractivity contribution in [3.05, 3.63) is 77.9 Å². The quantitative estimate of drug-likeness (QED) is 0.627. The Morgan fingerprint density at radius 3 is 1.28 bits per heavy atom. The zero-order valence-corrected chi connectivity index (χ0v) is 13.1. The SMILES string of the molecule is Nc1cc(-c2ccc(C(=O)O)cc2)cc(-c2ccc(C(=O)O)cc2)c1. The van der Waals surface area contributed by atoms with E-state index in [0.717, 1.165) is 22.3 Å². The van der Waals surface area contributed by atoms with Gasteiger partial charge in [-0.2, -0.15) is 0 Å². The first kappa shape index (κ1) is 16.3. The largest absolute Gasteiger partial charge is 0.478 e. The Balaban J connectivity index is 2.00. The fourth-order valence-electron chi connectivity index (χ4n) is 2.60. The highest BCUT2D eigenvalue weighted by molar-refractivity contribution is 5.89. The summed E-state index contributed by atoms with van der Waals surface area (Å²) in [5, 5.41) is 18.0. The third-order valence-electron chi connectivity index (χ3n) is 3.89. The lowest BCUT2D eigenvalue weighted by molar-refractivity contribution is 0.0686. The van der Waals surface area contributed by atoms with Gasteiger partial charge >= 0.3 is 11.9 Å². The van der Waals surface area contributed by atoms with Crippen LogP contribution in [0.5, 0.6) is 0 Å². The highest BCUT2D eigenvalue weighted by atomic mass is 16.4. The van der Waals surface area contributed by atoms with Gasteiger partial charge in [0, 0.05) is 5.69 Å². The number of carbonyl (C=O) groups is 2. The van der Waals surface area contributed by atoms with Gasteiger partial charge in [-0.15, -0.1) is 0 Å². The van der Waals surface area contributed by atoms with Gasteiger partial charge in [-0.3, -0.25) is 0 Å². The minimum atomic E-state index is -0.974. The van der Waals surface area contributed by atoms with Crippen LogP contribution in [0.25, 0.3) is 22.3 Å². The molecule has 0 amide bonds. The minimum absolute atomic E-state index is 0.220. The molecule has 5 nitrogen and oxygen atoms in total. The van der Waals surface area contributed by atoms with Gasteiger partial charge in [0.05, 0.1) is 11.1 Å². The number of hydrogen-bond acceptors (Lipinski definition) is 3. The van der Waals surface area contributed by atoms with Crippen LogP contribution < -0.4 is 5.73 Å². The molecule has 25 heavy (non-hydrogen) atoms. The molecule has 3 rings (SSSR count). The highest BCUT2D eigenvalue weighted by Crippen LogP contribution is 2.29. The summed E-state index contributed by atoms with van der Waals surface area (Å²) in [5.74, 6) is -1.95. The molecule has 0 radical (unpaired) electrons. The van der Waals surface area contributed by atoms with Gasteiger partial charge in [-0.1, -0.05) is 24.3 Å². The van der Waals surface area contributed by atoms with Crippen molar-refractivity contribution >= 4 is 17.6 Å². The molecule has 3 aromatic rings. The second kappa shape index (κ2) is 6.49. The van der Waals surface area contributed by atoms with E-state index >= 15 is 0 Å². The van der Waals surface area contributed by atoms with E-state index in [1.54, 1.807) is 48.5 Å². The van der Waals surface area contributed by atoms with E-state index < -0.39 is 11.9 Å². The van der Waals surface area contributed by atoms with E-state index in [4.69, 9.17) is 15.9 Å². The Hall–Kier alpha value is -3.60. The average Bonchev–Trinajstić information content (AvgIpc) is 2.61. The number of benzene rings is 3. The Bertz CT molecular complexity index is 869. The number of nitrogen functional groups attached to an aromatic ring is 1. The van der Waals surface area contributed by atoms with Crippen LogP contribution in [0.3, 0.4) is 0 Å². The number of carboxylic acids is 2. The molecule has 124 valence electrons. The molecule has 0 unspecified atom stereocenters. The summed E-state index contributed by atoms with van der Waals surface area (Å²) in [4.78, 5) is 21.9. The summed E-state index contributed by atoms with van der Waals surface area (Å²) in [7, 11) is 0. The number of carboxylic acid groups (broad SMARTS) is 2. The number of hydrogen-bond donors (Lipinski definition) is 3. The third-order valence-corrected chi connectivity index (χ3v) is 3.89. The summed E-state index contributed by atoms with van der Waals surface area (Å²) >= 11 is 0. The second-order valence-corrected chi connectivity index (χ2v) is 5.61. The van der Waals surface area contributed by atoms with Gasteiger partial charge < -0.3 is 15.9 Å². The Labute approximate surface area is 144 Å². The van der Waals surface area contributed by atoms with Crippen LogP contribution in [0.1, 0.15) is 20.7 Å². The van der Waals surface area contributed by atoms with Gasteiger partial charge in [0.15, 0.2) is 0 Å². The molecule has 0 heterocycles. The van der Waals surface area contributed by atoms with Crippen LogP contribution in [0, 0.1) is 0 Å². The number of anilines is 1. The lowest BCUT2D eigenvalue weighted by Crippen LogP contribution is -1.96. The maximum absolute atomic E-state index is 11.0. The zero-order chi connectivity index (χ0) is 18.0. The van der Waals surface area contributed by atoms with Crippen molar-refractivity contribution in [3.8, 4) is 22.3 Å². The van der Waals surface area contributed by atoms with Crippen molar-refractivity contribution in [1.82, 2.24) is 0 Å². The first-order valence-electron chi connectivity index (χ1n) is 7.52. The maximum Gasteiger partial charge on any atom is 0.335 e. The van der Waals surface area contributed by atoms with Crippen molar-refractivity contribution in [3.63, 3.8) is 0 Å². The summed E-state index contributed by atoms with van der Waals surface area (Å²) in [6, 6.07) is 18.7. The van der Waals surface area contributed by atoms with Gasteiger partial charge in [-0.25, -0.2) is 9.59 Å². The molecule has 0 bridgehead atoms. The van der Waals surface area contributed by atoms with E-state index in [2.05, 4.69) is 0 Å². The smallest absolute Gasteiger partial charge is 0.335 e. The summed E-state index contributed by atoms with van der Waals surface area (Å²) in [5.41, 5.74) is 10.4. The molecule has 0 saturated heterocycles. The minimum Gasteiger partial charge on any atom is -0.478 e. The van der Waals surface area contributed by atoms with Crippen LogP contribution in [0.15, 0.2) is 66.7 Å². The molecule has 0 atom stereocenters. The molecule has 0 saturated carbocycles. The van der Waals surface area contributed by atoms with Crippen LogP contribution in [0.4, 0.5) is 5.69 Å². The van der Waals surface area contributed by atoms with Crippen LogP contribution in [-0.2, 0) is 0 Å². The monoisotopic (exact) mass is 333 g/mol. The third kappa shape index (κ3) is 3.50. The van der Waals surface area contributed by atoms with Gasteiger partial charge in [0.2, 0.25) is 0 Å². The second-order valence-electron chi connectivity index (χ2n) is 5.61. The molecule has 4 N–H and O–H groups in total. The van der Waals surface area contributed by atoms with Crippen molar-refractivity contribution < 1.29 is 19.8 Å². The Kier molecular flexibility index (Phi) is 4.22. The number of aromatic carboxylic acids is 2. The number of rotatable bonds is 4. The fraction of sp³-hybridized carbons (Fsp3) is 0. The first-order chi connectivity index (χ1) is 11.9. The molecule has 0 aliphatic heterocycles. The van der Waals surface area contributed by atoms with E-state index in [0.29, 0.717) is 5.69 Å². The molecule has 5 heteroatoms. The molecule has 0 aliphatic rings. The van der Waals surface area contributed by atoms with E-state index in [-0.39, 0.29) is 11.1 Å². The van der Waals surface area contributed by atoms with Crippen molar-refractivity contribution in [2.75, 3.05) is 5.73 Å². The predicted molar refractivity (Wildman–Crippen MR) is 95.6 cm³/mol. The maximum atomic E-state index is 11.0. The molecule has 0 fully saturated rings. The Morgan fingerprint density at radius 2 is 0.960 bits per heavy atom. The molecular formula is C20H15NO4. The molecule has 3 aromatic carbocycles. The van der Waals surface area contributed by atoms with Crippen molar-refractivity contribution in [2.24, 2.45) is 0 Å². The first-order valence-corrected chi connectivity index (χ1v) is 7.52. The van der Waals surface area contributed by atoms with E-state index in [9.17, 15) is 9.59 Å². The average molecular weight is 333 g/mol.